The molecule has 2 rings (SSSR count). The lowest BCUT2D eigenvalue weighted by atomic mass is 10.2. The molecule has 0 saturated heterocycles. The number of halogens is 1. The Morgan fingerprint density at radius 2 is 1.64 bits per heavy atom. The quantitative estimate of drug-likeness (QED) is 0.707. The van der Waals surface area contributed by atoms with E-state index in [1.165, 1.54) is 46.8 Å². The molecular formula is C18H21ClN2O5S2. The molecule has 0 fully saturated rings. The van der Waals surface area contributed by atoms with Gasteiger partial charge < -0.3 is 5.32 Å². The number of hydrogen-bond acceptors (Lipinski definition) is 5. The first-order chi connectivity index (χ1) is 13.0. The monoisotopic (exact) mass is 444 g/mol. The normalized spacial score (nSPS) is 12.2. The smallest absolute Gasteiger partial charge is 0.255 e. The van der Waals surface area contributed by atoms with Crippen LogP contribution in [0.4, 0.5) is 5.69 Å². The molecule has 0 bridgehead atoms. The molecule has 0 aromatic heterocycles. The Hall–Kier alpha value is -1.94. The Bertz CT molecular complexity index is 1090. The van der Waals surface area contributed by atoms with E-state index in [0.29, 0.717) is 13.1 Å². The van der Waals surface area contributed by atoms with Gasteiger partial charge in [-0.05, 0) is 36.4 Å². The predicted octanol–water partition coefficient (Wildman–Crippen LogP) is 3.03. The van der Waals surface area contributed by atoms with Crippen LogP contribution in [-0.2, 0) is 19.9 Å². The van der Waals surface area contributed by atoms with Crippen molar-refractivity contribution >= 4 is 43.1 Å². The van der Waals surface area contributed by atoms with E-state index in [0.717, 1.165) is 6.26 Å². The Kier molecular flexibility index (Phi) is 6.87. The van der Waals surface area contributed by atoms with Gasteiger partial charge in [0.25, 0.3) is 5.91 Å². The molecule has 0 spiro atoms. The van der Waals surface area contributed by atoms with Gasteiger partial charge >= 0.3 is 0 Å². The highest BCUT2D eigenvalue weighted by atomic mass is 35.5. The summed E-state index contributed by atoms with van der Waals surface area (Å²) in [4.78, 5) is 12.5. The second kappa shape index (κ2) is 8.60. The second-order valence-electron chi connectivity index (χ2n) is 5.99. The molecule has 28 heavy (non-hydrogen) atoms. The minimum atomic E-state index is -3.72. The van der Waals surface area contributed by atoms with Crippen molar-refractivity contribution in [2.24, 2.45) is 0 Å². The van der Waals surface area contributed by atoms with E-state index in [1.54, 1.807) is 13.8 Å². The molecule has 0 aliphatic rings. The fourth-order valence-electron chi connectivity index (χ4n) is 2.54. The van der Waals surface area contributed by atoms with Crippen LogP contribution in [0.25, 0.3) is 0 Å². The molecule has 2 aromatic carbocycles. The zero-order valence-corrected chi connectivity index (χ0v) is 18.0. The summed E-state index contributed by atoms with van der Waals surface area (Å²) < 4.78 is 50.0. The molecule has 0 unspecified atom stereocenters. The zero-order valence-electron chi connectivity index (χ0n) is 15.6. The summed E-state index contributed by atoms with van der Waals surface area (Å²) in [5, 5.41) is 2.70. The van der Waals surface area contributed by atoms with Crippen LogP contribution < -0.4 is 5.32 Å². The number of hydrogen-bond donors (Lipinski definition) is 1. The van der Waals surface area contributed by atoms with Crippen molar-refractivity contribution in [1.29, 1.82) is 0 Å². The van der Waals surface area contributed by atoms with Crippen LogP contribution in [0.1, 0.15) is 24.2 Å². The van der Waals surface area contributed by atoms with Crippen LogP contribution in [0.5, 0.6) is 0 Å². The van der Waals surface area contributed by atoms with Gasteiger partial charge in [-0.1, -0.05) is 31.5 Å². The number of nitrogens with one attached hydrogen (secondary N) is 1. The standard InChI is InChI=1S/C18H21ClN2O5S2/c1-4-21(5-2)28(25,26)15-9-10-16(19)17(12-15)20-18(22)13-7-6-8-14(11-13)27(3,23)24/h6-12H,4-5H2,1-3H3,(H,20,22). The van der Waals surface area contributed by atoms with E-state index in [1.807, 2.05) is 0 Å². The van der Waals surface area contributed by atoms with E-state index in [9.17, 15) is 21.6 Å². The van der Waals surface area contributed by atoms with Crippen LogP contribution in [0.15, 0.2) is 52.3 Å². The average Bonchev–Trinajstić information content (AvgIpc) is 2.63. The number of carbonyl (C=O) groups excluding carboxylic acids is 1. The van der Waals surface area contributed by atoms with Crippen LogP contribution in [0, 0.1) is 0 Å². The van der Waals surface area contributed by atoms with E-state index in [2.05, 4.69) is 5.32 Å². The maximum atomic E-state index is 12.7. The molecule has 0 radical (unpaired) electrons. The lowest BCUT2D eigenvalue weighted by Gasteiger charge is -2.19. The van der Waals surface area contributed by atoms with Gasteiger partial charge in [0.05, 0.1) is 20.5 Å². The molecule has 7 nitrogen and oxygen atoms in total. The number of rotatable bonds is 7. The number of benzene rings is 2. The number of carbonyl (C=O) groups is 1. The van der Waals surface area contributed by atoms with Gasteiger partial charge in [0.15, 0.2) is 9.84 Å². The minimum absolute atomic E-state index is 0.000728. The highest BCUT2D eigenvalue weighted by Crippen LogP contribution is 2.27. The zero-order chi connectivity index (χ0) is 21.1. The third-order valence-corrected chi connectivity index (χ3v) is 7.54. The number of nitrogens with zero attached hydrogens (tertiary/aromatic N) is 1. The molecule has 0 aliphatic heterocycles. The summed E-state index contributed by atoms with van der Waals surface area (Å²) in [6, 6.07) is 9.58. The van der Waals surface area contributed by atoms with E-state index in [4.69, 9.17) is 11.6 Å². The summed E-state index contributed by atoms with van der Waals surface area (Å²) >= 11 is 6.11. The first kappa shape index (κ1) is 22.4. The molecule has 152 valence electrons. The third-order valence-electron chi connectivity index (χ3n) is 4.05. The summed E-state index contributed by atoms with van der Waals surface area (Å²) in [6.45, 7) is 4.08. The van der Waals surface area contributed by atoms with Crippen LogP contribution in [-0.4, -0.2) is 46.4 Å². The highest BCUT2D eigenvalue weighted by molar-refractivity contribution is 7.90. The Morgan fingerprint density at radius 3 is 2.21 bits per heavy atom. The largest absolute Gasteiger partial charge is 0.321 e. The Labute approximate surface area is 170 Å². The van der Waals surface area contributed by atoms with Crippen molar-refractivity contribution in [1.82, 2.24) is 4.31 Å². The summed E-state index contributed by atoms with van der Waals surface area (Å²) in [5.74, 6) is -0.607. The minimum Gasteiger partial charge on any atom is -0.321 e. The summed E-state index contributed by atoms with van der Waals surface area (Å²) in [6.07, 6.45) is 1.04. The maximum absolute atomic E-state index is 12.7. The lowest BCUT2D eigenvalue weighted by molar-refractivity contribution is 0.102. The van der Waals surface area contributed by atoms with Crippen molar-refractivity contribution in [3.05, 3.63) is 53.1 Å². The SMILES string of the molecule is CCN(CC)S(=O)(=O)c1ccc(Cl)c(NC(=O)c2cccc(S(C)(=O)=O)c2)c1. The van der Waals surface area contributed by atoms with Gasteiger partial charge in [-0.3, -0.25) is 4.79 Å². The number of sulfonamides is 1. The molecule has 0 heterocycles. The van der Waals surface area contributed by atoms with Crippen molar-refractivity contribution < 1.29 is 21.6 Å². The van der Waals surface area contributed by atoms with Gasteiger partial charge in [-0.25, -0.2) is 16.8 Å². The maximum Gasteiger partial charge on any atom is 0.255 e. The molecule has 1 amide bonds. The van der Waals surface area contributed by atoms with Gasteiger partial charge in [0, 0.05) is 24.9 Å². The van der Waals surface area contributed by atoms with Crippen LogP contribution in [0.2, 0.25) is 5.02 Å². The van der Waals surface area contributed by atoms with Crippen molar-refractivity contribution in [3.8, 4) is 0 Å². The fourth-order valence-corrected chi connectivity index (χ4v) is 4.85. The molecular weight excluding hydrogens is 424 g/mol. The van der Waals surface area contributed by atoms with Crippen LogP contribution in [0.3, 0.4) is 0 Å². The first-order valence-corrected chi connectivity index (χ1v) is 12.1. The van der Waals surface area contributed by atoms with Gasteiger partial charge in [-0.15, -0.1) is 0 Å². The molecule has 0 saturated carbocycles. The first-order valence-electron chi connectivity index (χ1n) is 8.41. The molecule has 10 heteroatoms. The van der Waals surface area contributed by atoms with Gasteiger partial charge in [0.1, 0.15) is 0 Å². The van der Waals surface area contributed by atoms with E-state index < -0.39 is 25.8 Å². The lowest BCUT2D eigenvalue weighted by Crippen LogP contribution is -2.30. The number of anilines is 1. The third kappa shape index (κ3) is 4.91. The van der Waals surface area contributed by atoms with Crippen molar-refractivity contribution in [2.75, 3.05) is 24.7 Å². The van der Waals surface area contributed by atoms with E-state index in [-0.39, 0.29) is 26.1 Å². The second-order valence-corrected chi connectivity index (χ2v) is 10.3. The number of amides is 1. The Balaban J connectivity index is 2.38. The van der Waals surface area contributed by atoms with E-state index >= 15 is 0 Å². The number of sulfone groups is 1. The topological polar surface area (TPSA) is 101 Å². The summed E-state index contributed by atoms with van der Waals surface area (Å²) in [7, 11) is -7.20. The molecule has 2 aromatic rings. The molecule has 1 N–H and O–H groups in total. The fraction of sp³-hybridized carbons (Fsp3) is 0.278. The van der Waals surface area contributed by atoms with Crippen molar-refractivity contribution in [2.45, 2.75) is 23.6 Å². The molecule has 0 atom stereocenters. The Morgan fingerprint density at radius 1 is 1.00 bits per heavy atom. The van der Waals surface area contributed by atoms with Gasteiger partial charge in [-0.2, -0.15) is 4.31 Å². The summed E-state index contributed by atoms with van der Waals surface area (Å²) in [5.41, 5.74) is 0.223. The molecule has 0 aliphatic carbocycles. The predicted molar refractivity (Wildman–Crippen MR) is 109 cm³/mol. The van der Waals surface area contributed by atoms with Crippen molar-refractivity contribution in [3.63, 3.8) is 0 Å². The van der Waals surface area contributed by atoms with Gasteiger partial charge in [0.2, 0.25) is 10.0 Å². The van der Waals surface area contributed by atoms with Crippen LogP contribution >= 0.6 is 11.6 Å². The highest BCUT2D eigenvalue weighted by Gasteiger charge is 2.23. The average molecular weight is 445 g/mol.